The van der Waals surface area contributed by atoms with Crippen molar-refractivity contribution in [3.63, 3.8) is 0 Å². The summed E-state index contributed by atoms with van der Waals surface area (Å²) in [6.45, 7) is 5.89. The van der Waals surface area contributed by atoms with Crippen LogP contribution in [0.15, 0.2) is 21.5 Å². The van der Waals surface area contributed by atoms with Gasteiger partial charge in [-0.15, -0.1) is 24.0 Å². The van der Waals surface area contributed by atoms with Crippen LogP contribution in [0.2, 0.25) is 0 Å². The first kappa shape index (κ1) is 19.8. The number of aliphatic imine (C=N–C) groups is 1. The van der Waals surface area contributed by atoms with E-state index in [1.165, 1.54) is 0 Å². The van der Waals surface area contributed by atoms with Crippen LogP contribution in [-0.4, -0.2) is 50.1 Å². The molecular formula is C15H25IN4O3. The Kier molecular flexibility index (Phi) is 8.38. The molecule has 1 saturated heterocycles. The first-order valence-electron chi connectivity index (χ1n) is 7.54. The average molecular weight is 436 g/mol. The molecule has 1 aliphatic rings. The Labute approximate surface area is 153 Å². The highest BCUT2D eigenvalue weighted by atomic mass is 127. The number of hydrogen-bond donors (Lipinski definition) is 2. The van der Waals surface area contributed by atoms with Gasteiger partial charge in [-0.2, -0.15) is 0 Å². The lowest BCUT2D eigenvalue weighted by Gasteiger charge is -2.21. The van der Waals surface area contributed by atoms with Crippen LogP contribution < -0.4 is 11.1 Å². The van der Waals surface area contributed by atoms with Crippen LogP contribution in [0.25, 0.3) is 0 Å². The summed E-state index contributed by atoms with van der Waals surface area (Å²) in [7, 11) is 1.73. The highest BCUT2D eigenvalue weighted by molar-refractivity contribution is 14.0. The predicted octanol–water partition coefficient (Wildman–Crippen LogP) is 1.43. The van der Waals surface area contributed by atoms with E-state index in [0.29, 0.717) is 18.2 Å². The van der Waals surface area contributed by atoms with E-state index in [0.717, 1.165) is 38.6 Å². The van der Waals surface area contributed by atoms with Gasteiger partial charge in [-0.3, -0.25) is 4.79 Å². The Morgan fingerprint density at radius 1 is 1.57 bits per heavy atom. The monoisotopic (exact) mass is 436 g/mol. The molecule has 2 rings (SSSR count). The topological polar surface area (TPSA) is 93.1 Å². The Bertz CT molecular complexity index is 533. The summed E-state index contributed by atoms with van der Waals surface area (Å²) < 4.78 is 10.6. The minimum Gasteiger partial charge on any atom is -0.454 e. The molecule has 1 aliphatic heterocycles. The van der Waals surface area contributed by atoms with Gasteiger partial charge >= 0.3 is 0 Å². The molecule has 23 heavy (non-hydrogen) atoms. The van der Waals surface area contributed by atoms with Crippen molar-refractivity contribution < 1.29 is 13.9 Å². The van der Waals surface area contributed by atoms with Crippen molar-refractivity contribution >= 4 is 35.8 Å². The van der Waals surface area contributed by atoms with Gasteiger partial charge in [-0.25, -0.2) is 4.99 Å². The van der Waals surface area contributed by atoms with Gasteiger partial charge in [0.05, 0.1) is 6.61 Å². The van der Waals surface area contributed by atoms with E-state index in [2.05, 4.69) is 15.2 Å². The van der Waals surface area contributed by atoms with Crippen molar-refractivity contribution in [1.29, 1.82) is 0 Å². The summed E-state index contributed by atoms with van der Waals surface area (Å²) in [4.78, 5) is 17.8. The van der Waals surface area contributed by atoms with E-state index in [9.17, 15) is 4.79 Å². The number of likely N-dealkylation sites (tertiary alicyclic amines) is 1. The lowest BCUT2D eigenvalue weighted by molar-refractivity contribution is 0.0972. The molecule has 0 bridgehead atoms. The van der Waals surface area contributed by atoms with E-state index in [1.54, 1.807) is 19.2 Å². The quantitative estimate of drug-likeness (QED) is 0.400. The molecule has 0 radical (unpaired) electrons. The SMILES string of the molecule is CCNC(=NCc1ccc(C(N)=O)o1)N1CCC(COC)C1.I. The number of ether oxygens (including phenoxy) is 1. The molecule has 0 aliphatic carbocycles. The molecule has 0 aromatic carbocycles. The molecule has 0 saturated carbocycles. The maximum atomic E-state index is 11.0. The highest BCUT2D eigenvalue weighted by Crippen LogP contribution is 2.17. The first-order valence-corrected chi connectivity index (χ1v) is 7.54. The summed E-state index contributed by atoms with van der Waals surface area (Å²) in [5.74, 6) is 1.62. The van der Waals surface area contributed by atoms with Gasteiger partial charge in [0.2, 0.25) is 0 Å². The average Bonchev–Trinajstić information content (AvgIpc) is 3.13. The summed E-state index contributed by atoms with van der Waals surface area (Å²) in [5, 5.41) is 3.29. The lowest BCUT2D eigenvalue weighted by atomic mass is 10.1. The van der Waals surface area contributed by atoms with Crippen molar-refractivity contribution in [1.82, 2.24) is 10.2 Å². The second kappa shape index (κ2) is 9.76. The van der Waals surface area contributed by atoms with Crippen molar-refractivity contribution in [3.05, 3.63) is 23.7 Å². The Hall–Kier alpha value is -1.29. The van der Waals surface area contributed by atoms with Crippen LogP contribution in [0.5, 0.6) is 0 Å². The van der Waals surface area contributed by atoms with Crippen molar-refractivity contribution in [2.24, 2.45) is 16.6 Å². The molecule has 1 aromatic heterocycles. The molecule has 1 amide bonds. The van der Waals surface area contributed by atoms with Gasteiger partial charge in [-0.1, -0.05) is 0 Å². The number of carbonyl (C=O) groups is 1. The summed E-state index contributed by atoms with van der Waals surface area (Å²) >= 11 is 0. The van der Waals surface area contributed by atoms with Gasteiger partial charge in [0, 0.05) is 32.7 Å². The number of nitrogens with two attached hydrogens (primary N) is 1. The van der Waals surface area contributed by atoms with Crippen molar-refractivity contribution in [2.45, 2.75) is 19.9 Å². The number of nitrogens with one attached hydrogen (secondary N) is 1. The number of furan rings is 1. The van der Waals surface area contributed by atoms with Gasteiger partial charge < -0.3 is 25.1 Å². The third-order valence-corrected chi connectivity index (χ3v) is 3.61. The fraction of sp³-hybridized carbons (Fsp3) is 0.600. The van der Waals surface area contributed by atoms with Crippen molar-refractivity contribution in [3.8, 4) is 0 Å². The molecule has 1 atom stereocenters. The zero-order valence-corrected chi connectivity index (χ0v) is 15.9. The van der Waals surface area contributed by atoms with Crippen molar-refractivity contribution in [2.75, 3.05) is 33.4 Å². The number of amides is 1. The number of primary amides is 1. The molecule has 7 nitrogen and oxygen atoms in total. The van der Waals surface area contributed by atoms with Gasteiger partial charge in [0.15, 0.2) is 11.7 Å². The first-order chi connectivity index (χ1) is 10.6. The van der Waals surface area contributed by atoms with E-state index >= 15 is 0 Å². The standard InChI is InChI=1S/C15H24N4O3.HI/c1-3-17-15(19-7-6-11(9-19)10-21-2)18-8-12-4-5-13(22-12)14(16)20;/h4-5,11H,3,6-10H2,1-2H3,(H2,16,20)(H,17,18);1H. The summed E-state index contributed by atoms with van der Waals surface area (Å²) in [5.41, 5.74) is 5.17. The predicted molar refractivity (Wildman–Crippen MR) is 99.0 cm³/mol. The van der Waals surface area contributed by atoms with Crippen LogP contribution in [-0.2, 0) is 11.3 Å². The summed E-state index contributed by atoms with van der Waals surface area (Å²) in [6, 6.07) is 3.30. The van der Waals surface area contributed by atoms with Gasteiger partial charge in [-0.05, 0) is 25.5 Å². The number of carbonyl (C=O) groups excluding carboxylic acids is 1. The molecule has 2 heterocycles. The second-order valence-electron chi connectivity index (χ2n) is 5.36. The van der Waals surface area contributed by atoms with Crippen LogP contribution in [0.3, 0.4) is 0 Å². The third kappa shape index (κ3) is 5.69. The highest BCUT2D eigenvalue weighted by Gasteiger charge is 2.24. The molecule has 1 unspecified atom stereocenters. The van der Waals surface area contributed by atoms with E-state index in [1.807, 2.05) is 6.92 Å². The fourth-order valence-electron chi connectivity index (χ4n) is 2.57. The van der Waals surface area contributed by atoms with E-state index in [4.69, 9.17) is 14.9 Å². The number of methoxy groups -OCH3 is 1. The minimum atomic E-state index is -0.566. The molecule has 1 fully saturated rings. The second-order valence-corrected chi connectivity index (χ2v) is 5.36. The number of rotatable bonds is 6. The zero-order valence-electron chi connectivity index (χ0n) is 13.6. The molecule has 3 N–H and O–H groups in total. The maximum Gasteiger partial charge on any atom is 0.284 e. The van der Waals surface area contributed by atoms with Crippen LogP contribution in [0.4, 0.5) is 0 Å². The summed E-state index contributed by atoms with van der Waals surface area (Å²) in [6.07, 6.45) is 1.10. The number of hydrogen-bond acceptors (Lipinski definition) is 4. The Morgan fingerprint density at radius 3 is 2.96 bits per heavy atom. The van der Waals surface area contributed by atoms with Gasteiger partial charge in [0.25, 0.3) is 5.91 Å². The minimum absolute atomic E-state index is 0. The molecule has 8 heteroatoms. The lowest BCUT2D eigenvalue weighted by Crippen LogP contribution is -2.40. The molecule has 0 spiro atoms. The maximum absolute atomic E-state index is 11.0. The van der Waals surface area contributed by atoms with Crippen LogP contribution >= 0.6 is 24.0 Å². The Morgan fingerprint density at radius 2 is 2.35 bits per heavy atom. The normalized spacial score (nSPS) is 17.9. The van der Waals surface area contributed by atoms with E-state index < -0.39 is 5.91 Å². The Balaban J connectivity index is 0.00000264. The molecular weight excluding hydrogens is 411 g/mol. The number of guanidine groups is 1. The number of halogens is 1. The molecule has 130 valence electrons. The van der Waals surface area contributed by atoms with Crippen LogP contribution in [0, 0.1) is 5.92 Å². The van der Waals surface area contributed by atoms with Gasteiger partial charge in [0.1, 0.15) is 12.3 Å². The smallest absolute Gasteiger partial charge is 0.284 e. The van der Waals surface area contributed by atoms with E-state index in [-0.39, 0.29) is 29.7 Å². The third-order valence-electron chi connectivity index (χ3n) is 3.61. The van der Waals surface area contributed by atoms with Crippen LogP contribution in [0.1, 0.15) is 29.7 Å². The molecule has 1 aromatic rings. The zero-order chi connectivity index (χ0) is 15.9. The number of nitrogens with zero attached hydrogens (tertiary/aromatic N) is 2. The fourth-order valence-corrected chi connectivity index (χ4v) is 2.57. The largest absolute Gasteiger partial charge is 0.454 e.